The quantitative estimate of drug-likeness (QED) is 0.517. The van der Waals surface area contributed by atoms with E-state index in [0.29, 0.717) is 12.5 Å². The molecule has 0 aromatic heterocycles. The molecule has 1 fully saturated rings. The number of carbonyl (C=O) groups is 1. The van der Waals surface area contributed by atoms with Gasteiger partial charge in [0.05, 0.1) is 6.10 Å². The molecule has 0 amide bonds. The monoisotopic (exact) mass is 414 g/mol. The van der Waals surface area contributed by atoms with Gasteiger partial charge in [-0.1, -0.05) is 48.5 Å². The van der Waals surface area contributed by atoms with E-state index in [1.165, 1.54) is 5.56 Å². The van der Waals surface area contributed by atoms with Gasteiger partial charge in [0.2, 0.25) is 0 Å². The van der Waals surface area contributed by atoms with E-state index < -0.39 is 5.97 Å². The summed E-state index contributed by atoms with van der Waals surface area (Å²) in [4.78, 5) is 10.9. The van der Waals surface area contributed by atoms with E-state index in [0.717, 1.165) is 59.4 Å². The van der Waals surface area contributed by atoms with Crippen LogP contribution in [0.15, 0.2) is 66.7 Å². The second-order valence-electron chi connectivity index (χ2n) is 8.45. The van der Waals surface area contributed by atoms with E-state index in [2.05, 4.69) is 42.5 Å². The Labute approximate surface area is 182 Å². The molecule has 1 heterocycles. The molecule has 1 aliphatic heterocycles. The molecule has 1 N–H and O–H groups in total. The van der Waals surface area contributed by atoms with Crippen LogP contribution in [0.25, 0.3) is 11.1 Å². The third-order valence-corrected chi connectivity index (χ3v) is 5.98. The molecule has 0 saturated heterocycles. The number of aryl methyl sites for hydroxylation is 2. The van der Waals surface area contributed by atoms with Gasteiger partial charge in [0, 0.05) is 6.42 Å². The number of benzene rings is 3. The van der Waals surface area contributed by atoms with Crippen LogP contribution in [0.4, 0.5) is 0 Å². The van der Waals surface area contributed by atoms with E-state index in [4.69, 9.17) is 14.6 Å². The highest BCUT2D eigenvalue weighted by molar-refractivity contribution is 5.67. The van der Waals surface area contributed by atoms with E-state index in [1.54, 1.807) is 0 Å². The Morgan fingerprint density at radius 3 is 2.58 bits per heavy atom. The summed E-state index contributed by atoms with van der Waals surface area (Å²) in [5.41, 5.74) is 5.68. The van der Waals surface area contributed by atoms with Gasteiger partial charge in [-0.3, -0.25) is 4.79 Å². The molecular formula is C27H26O4. The molecule has 1 saturated carbocycles. The topological polar surface area (TPSA) is 55.8 Å². The summed E-state index contributed by atoms with van der Waals surface area (Å²) in [6.45, 7) is 0. The predicted molar refractivity (Wildman–Crippen MR) is 120 cm³/mol. The molecule has 2 aliphatic rings. The number of rotatable bonds is 7. The molecule has 1 atom stereocenters. The summed E-state index contributed by atoms with van der Waals surface area (Å²) in [5, 5.41) is 8.93. The van der Waals surface area contributed by atoms with Crippen LogP contribution in [0.3, 0.4) is 0 Å². The number of hydrogen-bond acceptors (Lipinski definition) is 3. The van der Waals surface area contributed by atoms with Crippen molar-refractivity contribution in [2.24, 2.45) is 0 Å². The zero-order chi connectivity index (χ0) is 21.2. The summed E-state index contributed by atoms with van der Waals surface area (Å²) in [6, 6.07) is 23.0. The molecule has 1 unspecified atom stereocenters. The molecule has 4 heteroatoms. The number of ether oxygens (including phenoxy) is 2. The zero-order valence-corrected chi connectivity index (χ0v) is 17.4. The summed E-state index contributed by atoms with van der Waals surface area (Å²) in [6.07, 6.45) is 5.28. The van der Waals surface area contributed by atoms with Crippen molar-refractivity contribution in [2.75, 3.05) is 0 Å². The molecule has 4 nitrogen and oxygen atoms in total. The first-order valence-corrected chi connectivity index (χ1v) is 11.0. The van der Waals surface area contributed by atoms with Gasteiger partial charge in [-0.2, -0.15) is 0 Å². The summed E-state index contributed by atoms with van der Waals surface area (Å²) in [5.74, 6) is 1.05. The van der Waals surface area contributed by atoms with Crippen LogP contribution in [-0.2, 0) is 17.6 Å². The average Bonchev–Trinajstić information content (AvgIpc) is 3.61. The Morgan fingerprint density at radius 1 is 0.968 bits per heavy atom. The van der Waals surface area contributed by atoms with E-state index >= 15 is 0 Å². The van der Waals surface area contributed by atoms with Crippen LogP contribution >= 0.6 is 0 Å². The predicted octanol–water partition coefficient (Wildman–Crippen LogP) is 5.98. The number of hydrogen-bond donors (Lipinski definition) is 1. The maximum atomic E-state index is 10.9. The van der Waals surface area contributed by atoms with Gasteiger partial charge in [-0.15, -0.1) is 0 Å². The molecule has 0 radical (unpaired) electrons. The van der Waals surface area contributed by atoms with Crippen LogP contribution in [0.1, 0.15) is 48.5 Å². The minimum absolute atomic E-state index is 0.0146. The van der Waals surface area contributed by atoms with Crippen LogP contribution in [0.5, 0.6) is 11.5 Å². The first-order valence-electron chi connectivity index (χ1n) is 11.0. The molecule has 0 spiro atoms. The first kappa shape index (κ1) is 19.7. The molecule has 1 aliphatic carbocycles. The second kappa shape index (κ2) is 8.46. The third kappa shape index (κ3) is 4.74. The maximum Gasteiger partial charge on any atom is 0.303 e. The highest BCUT2D eigenvalue weighted by atomic mass is 16.5. The number of carboxylic acid groups (broad SMARTS) is 1. The third-order valence-electron chi connectivity index (χ3n) is 5.98. The van der Waals surface area contributed by atoms with Gasteiger partial charge in [-0.25, -0.2) is 0 Å². The molecular weight excluding hydrogens is 388 g/mol. The van der Waals surface area contributed by atoms with Crippen molar-refractivity contribution in [2.45, 2.75) is 50.7 Å². The van der Waals surface area contributed by atoms with Crippen LogP contribution in [0.2, 0.25) is 0 Å². The summed E-state index contributed by atoms with van der Waals surface area (Å²) < 4.78 is 12.2. The van der Waals surface area contributed by atoms with Gasteiger partial charge in [0.25, 0.3) is 0 Å². The number of fused-ring (bicyclic) bond motifs is 1. The molecule has 31 heavy (non-hydrogen) atoms. The van der Waals surface area contributed by atoms with Gasteiger partial charge in [-0.05, 0) is 78.1 Å². The van der Waals surface area contributed by atoms with Crippen molar-refractivity contribution in [3.05, 3.63) is 83.4 Å². The summed E-state index contributed by atoms with van der Waals surface area (Å²) in [7, 11) is 0. The lowest BCUT2D eigenvalue weighted by Gasteiger charge is -2.27. The minimum Gasteiger partial charge on any atom is -0.490 e. The largest absolute Gasteiger partial charge is 0.490 e. The lowest BCUT2D eigenvalue weighted by molar-refractivity contribution is -0.136. The lowest BCUT2D eigenvalue weighted by Crippen LogP contribution is -2.15. The van der Waals surface area contributed by atoms with Crippen molar-refractivity contribution in [1.29, 1.82) is 0 Å². The van der Waals surface area contributed by atoms with Crippen molar-refractivity contribution in [1.82, 2.24) is 0 Å². The average molecular weight is 415 g/mol. The molecule has 3 aromatic carbocycles. The standard InChI is InChI=1S/C27H26O4/c28-27(29)15-5-18-4-6-21-11-14-25(31-26(21)16-18)20-9-7-19(8-10-20)22-2-1-3-24(17-22)30-23-12-13-23/h1-4,6-10,16-17,23,25H,5,11-15H2,(H,28,29). The Morgan fingerprint density at radius 2 is 1.81 bits per heavy atom. The fourth-order valence-corrected chi connectivity index (χ4v) is 4.07. The van der Waals surface area contributed by atoms with Crippen molar-refractivity contribution in [3.63, 3.8) is 0 Å². The van der Waals surface area contributed by atoms with Crippen LogP contribution in [0, 0.1) is 0 Å². The van der Waals surface area contributed by atoms with E-state index in [9.17, 15) is 4.79 Å². The molecule has 5 rings (SSSR count). The van der Waals surface area contributed by atoms with Gasteiger partial charge in [0.15, 0.2) is 0 Å². The minimum atomic E-state index is -0.777. The SMILES string of the molecule is O=C(O)CCc1ccc2c(c1)OC(c1ccc(-c3cccc(OC4CC4)c3)cc1)CC2. The highest BCUT2D eigenvalue weighted by Gasteiger charge is 2.24. The molecule has 3 aromatic rings. The summed E-state index contributed by atoms with van der Waals surface area (Å²) >= 11 is 0. The Kier molecular flexibility index (Phi) is 5.37. The number of carboxylic acids is 1. The fraction of sp³-hybridized carbons (Fsp3) is 0.296. The molecule has 158 valence electrons. The van der Waals surface area contributed by atoms with Gasteiger partial charge in [0.1, 0.15) is 17.6 Å². The second-order valence-corrected chi connectivity index (χ2v) is 8.45. The highest BCUT2D eigenvalue weighted by Crippen LogP contribution is 2.36. The molecule has 0 bridgehead atoms. The van der Waals surface area contributed by atoms with Crippen molar-refractivity contribution >= 4 is 5.97 Å². The van der Waals surface area contributed by atoms with E-state index in [-0.39, 0.29) is 12.5 Å². The Bertz CT molecular complexity index is 1080. The maximum absolute atomic E-state index is 10.9. The number of aliphatic carboxylic acids is 1. The van der Waals surface area contributed by atoms with Gasteiger partial charge >= 0.3 is 5.97 Å². The normalized spacial score (nSPS) is 17.5. The Balaban J connectivity index is 1.29. The lowest BCUT2D eigenvalue weighted by atomic mass is 9.94. The van der Waals surface area contributed by atoms with Crippen molar-refractivity contribution < 1.29 is 19.4 Å². The van der Waals surface area contributed by atoms with Crippen LogP contribution < -0.4 is 9.47 Å². The zero-order valence-electron chi connectivity index (χ0n) is 17.4. The smallest absolute Gasteiger partial charge is 0.303 e. The van der Waals surface area contributed by atoms with Crippen molar-refractivity contribution in [3.8, 4) is 22.6 Å². The Hall–Kier alpha value is -3.27. The fourth-order valence-electron chi connectivity index (χ4n) is 4.07. The van der Waals surface area contributed by atoms with Crippen LogP contribution in [-0.4, -0.2) is 17.2 Å². The first-order chi connectivity index (χ1) is 15.1. The van der Waals surface area contributed by atoms with E-state index in [1.807, 2.05) is 24.3 Å². The van der Waals surface area contributed by atoms with Gasteiger partial charge < -0.3 is 14.6 Å².